The SMILES string of the molecule is COCCOCCOC(=O)NC(CC(C)C)C(=O)NC(CC(C)C)C(=O)C(=O)NCCOc1ccccc1. The molecule has 2 unspecified atom stereocenters. The number of hydrogen-bond acceptors (Lipinski definition) is 8. The number of carbonyl (C=O) groups is 4. The fraction of sp³-hybridized carbons (Fsp3) is 0.630. The summed E-state index contributed by atoms with van der Waals surface area (Å²) in [6, 6.07) is 7.11. The molecule has 1 rings (SSSR count). The first kappa shape index (κ1) is 32.8. The van der Waals surface area contributed by atoms with Crippen LogP contribution in [0.15, 0.2) is 30.3 Å². The smallest absolute Gasteiger partial charge is 0.407 e. The zero-order chi connectivity index (χ0) is 28.3. The number of carbonyl (C=O) groups excluding carboxylic acids is 4. The highest BCUT2D eigenvalue weighted by molar-refractivity contribution is 6.38. The summed E-state index contributed by atoms with van der Waals surface area (Å²) >= 11 is 0. The topological polar surface area (TPSA) is 141 Å². The first-order chi connectivity index (χ1) is 18.1. The Balaban J connectivity index is 2.66. The highest BCUT2D eigenvalue weighted by atomic mass is 16.6. The Morgan fingerprint density at radius 2 is 1.42 bits per heavy atom. The minimum absolute atomic E-state index is 0.00812. The molecule has 0 heterocycles. The third kappa shape index (κ3) is 14.5. The molecule has 3 N–H and O–H groups in total. The van der Waals surface area contributed by atoms with Crippen LogP contribution in [-0.4, -0.2) is 82.5 Å². The molecule has 0 spiro atoms. The van der Waals surface area contributed by atoms with Crippen LogP contribution in [0.5, 0.6) is 5.75 Å². The number of hydrogen-bond donors (Lipinski definition) is 3. The van der Waals surface area contributed by atoms with Crippen molar-refractivity contribution in [3.8, 4) is 5.75 Å². The van der Waals surface area contributed by atoms with Gasteiger partial charge >= 0.3 is 6.09 Å². The Morgan fingerprint density at radius 3 is 2.05 bits per heavy atom. The molecule has 0 radical (unpaired) electrons. The molecule has 0 saturated carbocycles. The van der Waals surface area contributed by atoms with Crippen LogP contribution in [0.4, 0.5) is 4.79 Å². The van der Waals surface area contributed by atoms with Crippen LogP contribution in [0.2, 0.25) is 0 Å². The van der Waals surface area contributed by atoms with Crippen molar-refractivity contribution in [2.45, 2.75) is 52.6 Å². The van der Waals surface area contributed by atoms with Gasteiger partial charge in [-0.3, -0.25) is 14.4 Å². The molecule has 11 nitrogen and oxygen atoms in total. The summed E-state index contributed by atoms with van der Waals surface area (Å²) in [6.07, 6.45) is -0.198. The van der Waals surface area contributed by atoms with E-state index in [2.05, 4.69) is 16.0 Å². The van der Waals surface area contributed by atoms with Gasteiger partial charge in [-0.05, 0) is 36.8 Å². The quantitative estimate of drug-likeness (QED) is 0.180. The van der Waals surface area contributed by atoms with Gasteiger partial charge in [0.1, 0.15) is 25.0 Å². The van der Waals surface area contributed by atoms with E-state index < -0.39 is 35.8 Å². The largest absolute Gasteiger partial charge is 0.492 e. The lowest BCUT2D eigenvalue weighted by Crippen LogP contribution is -2.54. The highest BCUT2D eigenvalue weighted by Crippen LogP contribution is 2.10. The van der Waals surface area contributed by atoms with Gasteiger partial charge in [0, 0.05) is 7.11 Å². The van der Waals surface area contributed by atoms with E-state index in [0.717, 1.165) is 0 Å². The number of Topliss-reactive ketones (excluding diaryl/α,β-unsaturated/α-hetero) is 1. The maximum Gasteiger partial charge on any atom is 0.407 e. The predicted molar refractivity (Wildman–Crippen MR) is 142 cm³/mol. The van der Waals surface area contributed by atoms with Crippen LogP contribution < -0.4 is 20.7 Å². The Labute approximate surface area is 225 Å². The van der Waals surface area contributed by atoms with E-state index in [9.17, 15) is 19.2 Å². The Bertz CT molecular complexity index is 848. The summed E-state index contributed by atoms with van der Waals surface area (Å²) in [6.45, 7) is 8.88. The van der Waals surface area contributed by atoms with Crippen molar-refractivity contribution in [2.24, 2.45) is 11.8 Å². The van der Waals surface area contributed by atoms with E-state index in [-0.39, 0.29) is 44.6 Å². The maximum absolute atomic E-state index is 13.1. The molecule has 1 aromatic carbocycles. The lowest BCUT2D eigenvalue weighted by molar-refractivity contribution is -0.140. The molecule has 38 heavy (non-hydrogen) atoms. The summed E-state index contributed by atoms with van der Waals surface area (Å²) in [5.41, 5.74) is 0. The molecule has 1 aromatic rings. The zero-order valence-electron chi connectivity index (χ0n) is 23.1. The number of alkyl carbamates (subject to hydrolysis) is 1. The van der Waals surface area contributed by atoms with Crippen molar-refractivity contribution in [1.29, 1.82) is 0 Å². The Kier molecular flexibility index (Phi) is 16.4. The van der Waals surface area contributed by atoms with E-state index in [1.54, 1.807) is 19.2 Å². The average Bonchev–Trinajstić information content (AvgIpc) is 2.87. The molecule has 0 aliphatic heterocycles. The summed E-state index contributed by atoms with van der Waals surface area (Å²) in [5.74, 6) is -1.39. The van der Waals surface area contributed by atoms with E-state index in [4.69, 9.17) is 18.9 Å². The number of ether oxygens (including phenoxy) is 4. The maximum atomic E-state index is 13.1. The second kappa shape index (κ2) is 19.0. The number of benzene rings is 1. The predicted octanol–water partition coefficient (Wildman–Crippen LogP) is 2.09. The fourth-order valence-electron chi connectivity index (χ4n) is 3.40. The number of nitrogens with one attached hydrogen (secondary N) is 3. The highest BCUT2D eigenvalue weighted by Gasteiger charge is 2.31. The van der Waals surface area contributed by atoms with Crippen molar-refractivity contribution in [3.05, 3.63) is 30.3 Å². The number of para-hydroxylation sites is 1. The molecule has 0 aliphatic carbocycles. The van der Waals surface area contributed by atoms with Gasteiger partial charge in [-0.1, -0.05) is 45.9 Å². The minimum Gasteiger partial charge on any atom is -0.492 e. The van der Waals surface area contributed by atoms with Crippen molar-refractivity contribution in [1.82, 2.24) is 16.0 Å². The molecule has 0 bridgehead atoms. The van der Waals surface area contributed by atoms with Gasteiger partial charge in [-0.2, -0.15) is 0 Å². The van der Waals surface area contributed by atoms with Gasteiger partial charge in [-0.15, -0.1) is 0 Å². The van der Waals surface area contributed by atoms with Gasteiger partial charge in [0.05, 0.1) is 32.4 Å². The third-order valence-corrected chi connectivity index (χ3v) is 5.17. The monoisotopic (exact) mass is 537 g/mol. The van der Waals surface area contributed by atoms with Crippen molar-refractivity contribution < 1.29 is 38.1 Å². The van der Waals surface area contributed by atoms with Crippen LogP contribution in [0, 0.1) is 11.8 Å². The third-order valence-electron chi connectivity index (χ3n) is 5.17. The van der Waals surface area contributed by atoms with Crippen LogP contribution in [0.3, 0.4) is 0 Å². The van der Waals surface area contributed by atoms with E-state index in [1.807, 2.05) is 45.9 Å². The van der Waals surface area contributed by atoms with Gasteiger partial charge in [0.2, 0.25) is 11.7 Å². The lowest BCUT2D eigenvalue weighted by Gasteiger charge is -2.24. The molecule has 3 amide bonds. The normalized spacial score (nSPS) is 12.5. The van der Waals surface area contributed by atoms with Gasteiger partial charge < -0.3 is 34.9 Å². The van der Waals surface area contributed by atoms with Crippen LogP contribution in [0.1, 0.15) is 40.5 Å². The first-order valence-electron chi connectivity index (χ1n) is 12.9. The van der Waals surface area contributed by atoms with Crippen molar-refractivity contribution in [3.63, 3.8) is 0 Å². The van der Waals surface area contributed by atoms with Crippen LogP contribution in [0.25, 0.3) is 0 Å². The minimum atomic E-state index is -1.04. The lowest BCUT2D eigenvalue weighted by atomic mass is 9.98. The summed E-state index contributed by atoms with van der Waals surface area (Å²) in [5, 5.41) is 7.75. The zero-order valence-corrected chi connectivity index (χ0v) is 23.1. The number of ketones is 1. The second-order valence-corrected chi connectivity index (χ2v) is 9.54. The van der Waals surface area contributed by atoms with E-state index in [0.29, 0.717) is 25.4 Å². The van der Waals surface area contributed by atoms with E-state index >= 15 is 0 Å². The van der Waals surface area contributed by atoms with E-state index in [1.165, 1.54) is 0 Å². The summed E-state index contributed by atoms with van der Waals surface area (Å²) < 4.78 is 20.7. The summed E-state index contributed by atoms with van der Waals surface area (Å²) in [7, 11) is 1.56. The van der Waals surface area contributed by atoms with Crippen molar-refractivity contribution >= 4 is 23.7 Å². The van der Waals surface area contributed by atoms with Crippen LogP contribution in [-0.2, 0) is 28.6 Å². The first-order valence-corrected chi connectivity index (χ1v) is 12.9. The van der Waals surface area contributed by atoms with Gasteiger partial charge in [0.15, 0.2) is 0 Å². The Hall–Kier alpha value is -3.18. The molecule has 0 aliphatic rings. The number of methoxy groups -OCH3 is 1. The molecule has 0 saturated heterocycles. The number of rotatable bonds is 19. The fourth-order valence-corrected chi connectivity index (χ4v) is 3.40. The average molecular weight is 538 g/mol. The molecule has 0 aromatic heterocycles. The molecule has 2 atom stereocenters. The molecular formula is C27H43N3O8. The van der Waals surface area contributed by atoms with Gasteiger partial charge in [-0.25, -0.2) is 4.79 Å². The van der Waals surface area contributed by atoms with Crippen molar-refractivity contribution in [2.75, 3.05) is 46.7 Å². The molecule has 214 valence electrons. The molecule has 0 fully saturated rings. The Morgan fingerprint density at radius 1 is 0.789 bits per heavy atom. The molecule has 11 heteroatoms. The number of amides is 3. The molecular weight excluding hydrogens is 494 g/mol. The van der Waals surface area contributed by atoms with Crippen LogP contribution >= 0.6 is 0 Å². The van der Waals surface area contributed by atoms with Gasteiger partial charge in [0.25, 0.3) is 5.91 Å². The second-order valence-electron chi connectivity index (χ2n) is 9.54. The summed E-state index contributed by atoms with van der Waals surface area (Å²) in [4.78, 5) is 50.7. The standard InChI is InChI=1S/C27H43N3O8/c1-19(2)17-22(24(31)26(33)28-11-12-37-21-9-7-6-8-10-21)29-25(32)23(18-20(3)4)30-27(34)38-16-15-36-14-13-35-5/h6-10,19-20,22-23H,11-18H2,1-5H3,(H,28,33)(H,29,32)(H,30,34).